The standard InChI is InChI=1S/C14H12ClN3O3S/c1-21-12(20)14(6-7-14)11(19)16-13-18-17-10(22-13)8-2-4-9(15)5-3-8/h2-5H,6-7H2,1H3,(H,16,18,19). The molecule has 1 aromatic heterocycles. The quantitative estimate of drug-likeness (QED) is 0.685. The number of hydrogen-bond donors (Lipinski definition) is 1. The van der Waals surface area contributed by atoms with E-state index in [1.807, 2.05) is 12.1 Å². The summed E-state index contributed by atoms with van der Waals surface area (Å²) < 4.78 is 4.68. The van der Waals surface area contributed by atoms with Crippen molar-refractivity contribution in [1.82, 2.24) is 10.2 Å². The molecule has 22 heavy (non-hydrogen) atoms. The number of anilines is 1. The Labute approximate surface area is 135 Å². The molecule has 1 aromatic carbocycles. The zero-order chi connectivity index (χ0) is 15.7. The molecule has 1 amide bonds. The molecule has 3 rings (SSSR count). The van der Waals surface area contributed by atoms with Crippen LogP contribution in [0.25, 0.3) is 10.6 Å². The Balaban J connectivity index is 1.74. The van der Waals surface area contributed by atoms with E-state index < -0.39 is 17.3 Å². The molecule has 6 nitrogen and oxygen atoms in total. The molecule has 114 valence electrons. The van der Waals surface area contributed by atoms with Gasteiger partial charge in [0.05, 0.1) is 7.11 Å². The largest absolute Gasteiger partial charge is 0.468 e. The van der Waals surface area contributed by atoms with Crippen LogP contribution in [0.1, 0.15) is 12.8 Å². The number of ether oxygens (including phenoxy) is 1. The van der Waals surface area contributed by atoms with E-state index in [1.54, 1.807) is 12.1 Å². The van der Waals surface area contributed by atoms with Crippen molar-refractivity contribution in [3.8, 4) is 10.6 Å². The van der Waals surface area contributed by atoms with E-state index in [9.17, 15) is 9.59 Å². The molecular formula is C14H12ClN3O3S. The van der Waals surface area contributed by atoms with Gasteiger partial charge in [-0.25, -0.2) is 0 Å². The van der Waals surface area contributed by atoms with Crippen molar-refractivity contribution in [1.29, 1.82) is 0 Å². The SMILES string of the molecule is COC(=O)C1(C(=O)Nc2nnc(-c3ccc(Cl)cc3)s2)CC1. The Morgan fingerprint density at radius 1 is 1.27 bits per heavy atom. The smallest absolute Gasteiger partial charge is 0.321 e. The van der Waals surface area contributed by atoms with Crippen molar-refractivity contribution < 1.29 is 14.3 Å². The maximum Gasteiger partial charge on any atom is 0.321 e. The molecule has 0 aliphatic heterocycles. The molecule has 1 fully saturated rings. The van der Waals surface area contributed by atoms with Crippen LogP contribution >= 0.6 is 22.9 Å². The van der Waals surface area contributed by atoms with E-state index in [2.05, 4.69) is 20.3 Å². The number of aromatic nitrogens is 2. The summed E-state index contributed by atoms with van der Waals surface area (Å²) in [6.45, 7) is 0. The minimum atomic E-state index is -1.05. The lowest BCUT2D eigenvalue weighted by molar-refractivity contribution is -0.150. The first-order chi connectivity index (χ1) is 10.5. The maximum absolute atomic E-state index is 12.2. The Bertz CT molecular complexity index is 725. The number of hydrogen-bond acceptors (Lipinski definition) is 6. The average Bonchev–Trinajstić information content (AvgIpc) is 3.22. The predicted molar refractivity (Wildman–Crippen MR) is 82.7 cm³/mol. The highest BCUT2D eigenvalue weighted by molar-refractivity contribution is 7.18. The molecule has 0 atom stereocenters. The number of carbonyl (C=O) groups excluding carboxylic acids is 2. The van der Waals surface area contributed by atoms with Gasteiger partial charge in [-0.15, -0.1) is 10.2 Å². The summed E-state index contributed by atoms with van der Waals surface area (Å²) in [6, 6.07) is 7.16. The monoisotopic (exact) mass is 337 g/mol. The van der Waals surface area contributed by atoms with E-state index in [0.29, 0.717) is 28.0 Å². The molecular weight excluding hydrogens is 326 g/mol. The van der Waals surface area contributed by atoms with E-state index in [1.165, 1.54) is 18.4 Å². The van der Waals surface area contributed by atoms with Gasteiger partial charge in [0.15, 0.2) is 0 Å². The number of esters is 1. The highest BCUT2D eigenvalue weighted by Crippen LogP contribution is 2.47. The van der Waals surface area contributed by atoms with Crippen LogP contribution in [-0.2, 0) is 14.3 Å². The van der Waals surface area contributed by atoms with Gasteiger partial charge in [0.25, 0.3) is 0 Å². The Morgan fingerprint density at radius 3 is 2.55 bits per heavy atom. The zero-order valence-corrected chi connectivity index (χ0v) is 13.2. The first-order valence-corrected chi connectivity index (χ1v) is 7.74. The number of amides is 1. The second-order valence-corrected chi connectivity index (χ2v) is 6.36. The fourth-order valence-corrected chi connectivity index (χ4v) is 2.91. The summed E-state index contributed by atoms with van der Waals surface area (Å²) in [7, 11) is 1.28. The van der Waals surface area contributed by atoms with E-state index in [-0.39, 0.29) is 0 Å². The fraction of sp³-hybridized carbons (Fsp3) is 0.286. The average molecular weight is 338 g/mol. The number of nitrogens with zero attached hydrogens (tertiary/aromatic N) is 2. The highest BCUT2D eigenvalue weighted by atomic mass is 35.5. The third-order valence-corrected chi connectivity index (χ3v) is 4.64. The van der Waals surface area contributed by atoms with Crippen LogP contribution in [0, 0.1) is 5.41 Å². The molecule has 1 N–H and O–H groups in total. The number of rotatable bonds is 4. The summed E-state index contributed by atoms with van der Waals surface area (Å²) in [4.78, 5) is 23.9. The molecule has 1 aliphatic carbocycles. The number of halogens is 1. The molecule has 1 heterocycles. The van der Waals surface area contributed by atoms with Crippen LogP contribution in [0.15, 0.2) is 24.3 Å². The Kier molecular flexibility index (Phi) is 3.84. The van der Waals surface area contributed by atoms with Crippen LogP contribution in [0.5, 0.6) is 0 Å². The lowest BCUT2D eigenvalue weighted by Gasteiger charge is -2.10. The van der Waals surface area contributed by atoms with Gasteiger partial charge < -0.3 is 4.74 Å². The van der Waals surface area contributed by atoms with Gasteiger partial charge in [-0.2, -0.15) is 0 Å². The Hall–Kier alpha value is -1.99. The zero-order valence-electron chi connectivity index (χ0n) is 11.6. The number of benzene rings is 1. The molecule has 0 saturated heterocycles. The second-order valence-electron chi connectivity index (χ2n) is 4.95. The van der Waals surface area contributed by atoms with E-state index in [4.69, 9.17) is 11.6 Å². The first-order valence-electron chi connectivity index (χ1n) is 6.54. The normalized spacial score (nSPS) is 15.2. The maximum atomic E-state index is 12.2. The molecule has 1 saturated carbocycles. The summed E-state index contributed by atoms with van der Waals surface area (Å²) in [6.07, 6.45) is 0.989. The summed E-state index contributed by atoms with van der Waals surface area (Å²) in [5.41, 5.74) is -0.197. The lowest BCUT2D eigenvalue weighted by Crippen LogP contribution is -2.32. The van der Waals surface area contributed by atoms with Crippen LogP contribution in [0.2, 0.25) is 5.02 Å². The minimum Gasteiger partial charge on any atom is -0.468 e. The lowest BCUT2D eigenvalue weighted by atomic mass is 10.1. The number of carbonyl (C=O) groups is 2. The molecule has 8 heteroatoms. The van der Waals surface area contributed by atoms with E-state index >= 15 is 0 Å². The van der Waals surface area contributed by atoms with Gasteiger partial charge in [0.1, 0.15) is 10.4 Å². The molecule has 0 bridgehead atoms. The second kappa shape index (κ2) is 5.66. The molecule has 0 spiro atoms. The van der Waals surface area contributed by atoms with Crippen molar-refractivity contribution in [2.45, 2.75) is 12.8 Å². The molecule has 2 aromatic rings. The summed E-state index contributed by atoms with van der Waals surface area (Å²) in [5.74, 6) is -0.898. The van der Waals surface area contributed by atoms with Crippen LogP contribution in [-0.4, -0.2) is 29.2 Å². The van der Waals surface area contributed by atoms with Crippen LogP contribution in [0.4, 0.5) is 5.13 Å². The summed E-state index contributed by atoms with van der Waals surface area (Å²) in [5, 5.41) is 12.3. The number of nitrogens with one attached hydrogen (secondary N) is 1. The summed E-state index contributed by atoms with van der Waals surface area (Å²) >= 11 is 7.07. The minimum absolute atomic E-state index is 0.352. The Morgan fingerprint density at radius 2 is 1.95 bits per heavy atom. The predicted octanol–water partition coefficient (Wildman–Crippen LogP) is 2.75. The topological polar surface area (TPSA) is 81.2 Å². The van der Waals surface area contributed by atoms with Crippen molar-refractivity contribution in [2.24, 2.45) is 5.41 Å². The molecule has 0 radical (unpaired) electrons. The van der Waals surface area contributed by atoms with Crippen molar-refractivity contribution in [2.75, 3.05) is 12.4 Å². The van der Waals surface area contributed by atoms with Crippen molar-refractivity contribution in [3.05, 3.63) is 29.3 Å². The molecule has 0 unspecified atom stereocenters. The highest BCUT2D eigenvalue weighted by Gasteiger charge is 2.58. The fourth-order valence-electron chi connectivity index (χ4n) is 2.04. The van der Waals surface area contributed by atoms with Crippen LogP contribution < -0.4 is 5.32 Å². The number of methoxy groups -OCH3 is 1. The third-order valence-electron chi connectivity index (χ3n) is 3.50. The van der Waals surface area contributed by atoms with Crippen molar-refractivity contribution >= 4 is 39.9 Å². The van der Waals surface area contributed by atoms with Gasteiger partial charge in [0.2, 0.25) is 11.0 Å². The van der Waals surface area contributed by atoms with Crippen molar-refractivity contribution in [3.63, 3.8) is 0 Å². The van der Waals surface area contributed by atoms with E-state index in [0.717, 1.165) is 5.56 Å². The first kappa shape index (κ1) is 14.9. The van der Waals surface area contributed by atoms with Gasteiger partial charge in [-0.1, -0.05) is 35.1 Å². The van der Waals surface area contributed by atoms with Gasteiger partial charge >= 0.3 is 5.97 Å². The van der Waals surface area contributed by atoms with Crippen LogP contribution in [0.3, 0.4) is 0 Å². The van der Waals surface area contributed by atoms with Gasteiger partial charge in [-0.05, 0) is 25.0 Å². The third kappa shape index (κ3) is 2.69. The van der Waals surface area contributed by atoms with Gasteiger partial charge in [-0.3, -0.25) is 14.9 Å². The molecule has 1 aliphatic rings. The van der Waals surface area contributed by atoms with Gasteiger partial charge in [0, 0.05) is 10.6 Å².